The van der Waals surface area contributed by atoms with Gasteiger partial charge in [0.1, 0.15) is 0 Å². The molecular formula is C24H27ClN2O. The second kappa shape index (κ2) is 9.11. The third-order valence-electron chi connectivity index (χ3n) is 4.99. The zero-order valence-corrected chi connectivity index (χ0v) is 17.5. The van der Waals surface area contributed by atoms with Crippen LogP contribution in [-0.2, 0) is 0 Å². The van der Waals surface area contributed by atoms with Gasteiger partial charge in [-0.05, 0) is 56.2 Å². The van der Waals surface area contributed by atoms with Crippen LogP contribution in [0.2, 0.25) is 5.02 Å². The summed E-state index contributed by atoms with van der Waals surface area (Å²) in [6.07, 6.45) is 3.27. The average Bonchev–Trinajstić information content (AvgIpc) is 3.04. The first kappa shape index (κ1) is 20.2. The van der Waals surface area contributed by atoms with Gasteiger partial charge >= 0.3 is 0 Å². The molecule has 0 aliphatic rings. The van der Waals surface area contributed by atoms with E-state index in [0.717, 1.165) is 41.9 Å². The Morgan fingerprint density at radius 2 is 1.68 bits per heavy atom. The predicted octanol–water partition coefficient (Wildman–Crippen LogP) is 6.33. The van der Waals surface area contributed by atoms with E-state index in [4.69, 9.17) is 11.6 Å². The number of unbranched alkanes of at least 4 members (excludes halogenated alkanes) is 2. The minimum atomic E-state index is -0.0188. The molecule has 4 heteroatoms. The molecule has 1 heterocycles. The summed E-state index contributed by atoms with van der Waals surface area (Å²) in [4.78, 5) is 12.8. The van der Waals surface area contributed by atoms with Gasteiger partial charge in [-0.3, -0.25) is 4.79 Å². The number of hydrogen-bond donors (Lipinski definition) is 1. The van der Waals surface area contributed by atoms with Crippen LogP contribution in [0, 0.1) is 13.8 Å². The van der Waals surface area contributed by atoms with Crippen molar-refractivity contribution in [3.05, 3.63) is 76.4 Å². The van der Waals surface area contributed by atoms with Crippen molar-refractivity contribution >= 4 is 17.5 Å². The Bertz CT molecular complexity index is 940. The highest BCUT2D eigenvalue weighted by atomic mass is 35.5. The molecule has 146 valence electrons. The molecule has 3 nitrogen and oxygen atoms in total. The van der Waals surface area contributed by atoms with Crippen LogP contribution in [0.4, 0.5) is 0 Å². The number of carbonyl (C=O) groups is 1. The summed E-state index contributed by atoms with van der Waals surface area (Å²) in [5, 5.41) is 3.76. The Hall–Kier alpha value is -2.52. The summed E-state index contributed by atoms with van der Waals surface area (Å²) in [6, 6.07) is 18.1. The fourth-order valence-electron chi connectivity index (χ4n) is 3.37. The van der Waals surface area contributed by atoms with Crippen molar-refractivity contribution in [2.75, 3.05) is 6.54 Å². The van der Waals surface area contributed by atoms with Crippen molar-refractivity contribution in [1.29, 1.82) is 0 Å². The third-order valence-corrected chi connectivity index (χ3v) is 5.24. The van der Waals surface area contributed by atoms with Crippen molar-refractivity contribution in [2.45, 2.75) is 40.0 Å². The van der Waals surface area contributed by atoms with Crippen LogP contribution in [0.25, 0.3) is 16.9 Å². The fourth-order valence-corrected chi connectivity index (χ4v) is 3.49. The minimum Gasteiger partial charge on any atom is -0.352 e. The van der Waals surface area contributed by atoms with E-state index >= 15 is 0 Å². The SMILES string of the molecule is CCCCCNC(=O)c1cc(-c2ccc(Cl)cc2)n(-c2ccc(C)cc2)c1C. The molecule has 0 bridgehead atoms. The molecule has 3 rings (SSSR count). The van der Waals surface area contributed by atoms with E-state index in [-0.39, 0.29) is 5.91 Å². The molecule has 0 atom stereocenters. The molecule has 0 saturated carbocycles. The second-order valence-electron chi connectivity index (χ2n) is 7.17. The van der Waals surface area contributed by atoms with Gasteiger partial charge in [0, 0.05) is 22.9 Å². The first-order valence-electron chi connectivity index (χ1n) is 9.84. The lowest BCUT2D eigenvalue weighted by molar-refractivity contribution is 0.0952. The Morgan fingerprint density at radius 3 is 2.32 bits per heavy atom. The molecule has 28 heavy (non-hydrogen) atoms. The normalized spacial score (nSPS) is 10.9. The van der Waals surface area contributed by atoms with Gasteiger partial charge in [0.25, 0.3) is 5.91 Å². The van der Waals surface area contributed by atoms with E-state index < -0.39 is 0 Å². The summed E-state index contributed by atoms with van der Waals surface area (Å²) >= 11 is 6.07. The molecule has 0 unspecified atom stereocenters. The van der Waals surface area contributed by atoms with E-state index in [9.17, 15) is 4.79 Å². The van der Waals surface area contributed by atoms with Crippen LogP contribution < -0.4 is 5.32 Å². The summed E-state index contributed by atoms with van der Waals surface area (Å²) in [5.41, 5.74) is 5.90. The minimum absolute atomic E-state index is 0.0188. The Labute approximate surface area is 172 Å². The molecule has 0 aliphatic heterocycles. The largest absolute Gasteiger partial charge is 0.352 e. The molecule has 0 saturated heterocycles. The molecule has 1 amide bonds. The number of aryl methyl sites for hydroxylation is 1. The molecule has 0 spiro atoms. The van der Waals surface area contributed by atoms with E-state index in [2.05, 4.69) is 48.0 Å². The lowest BCUT2D eigenvalue weighted by atomic mass is 10.1. The first-order chi connectivity index (χ1) is 13.5. The molecule has 2 aromatic carbocycles. The van der Waals surface area contributed by atoms with Crippen LogP contribution in [0.1, 0.15) is 47.8 Å². The summed E-state index contributed by atoms with van der Waals surface area (Å²) in [6.45, 7) is 6.94. The molecule has 1 N–H and O–H groups in total. The Kier molecular flexibility index (Phi) is 6.58. The number of benzene rings is 2. The molecular weight excluding hydrogens is 368 g/mol. The van der Waals surface area contributed by atoms with Crippen LogP contribution in [0.3, 0.4) is 0 Å². The van der Waals surface area contributed by atoms with Gasteiger partial charge in [-0.2, -0.15) is 0 Å². The smallest absolute Gasteiger partial charge is 0.253 e. The topological polar surface area (TPSA) is 34.0 Å². The zero-order valence-electron chi connectivity index (χ0n) is 16.8. The molecule has 0 radical (unpaired) electrons. The lowest BCUT2D eigenvalue weighted by Crippen LogP contribution is -2.24. The molecule has 0 aliphatic carbocycles. The van der Waals surface area contributed by atoms with Crippen molar-refractivity contribution in [1.82, 2.24) is 9.88 Å². The number of amides is 1. The van der Waals surface area contributed by atoms with Gasteiger partial charge in [0.2, 0.25) is 0 Å². The zero-order chi connectivity index (χ0) is 20.1. The maximum Gasteiger partial charge on any atom is 0.253 e. The first-order valence-corrected chi connectivity index (χ1v) is 10.2. The van der Waals surface area contributed by atoms with Gasteiger partial charge < -0.3 is 9.88 Å². The fraction of sp³-hybridized carbons (Fsp3) is 0.292. The van der Waals surface area contributed by atoms with Gasteiger partial charge in [0.05, 0.1) is 11.3 Å². The number of aromatic nitrogens is 1. The summed E-state index contributed by atoms with van der Waals surface area (Å²) < 4.78 is 2.14. The number of nitrogens with one attached hydrogen (secondary N) is 1. The highest BCUT2D eigenvalue weighted by Gasteiger charge is 2.19. The standard InChI is InChI=1S/C24H27ClN2O/c1-4-5-6-15-26-24(28)22-16-23(19-9-11-20(25)12-10-19)27(18(22)3)21-13-7-17(2)8-14-21/h7-14,16H,4-6,15H2,1-3H3,(H,26,28). The van der Waals surface area contributed by atoms with E-state index in [0.29, 0.717) is 17.1 Å². The lowest BCUT2D eigenvalue weighted by Gasteiger charge is -2.13. The van der Waals surface area contributed by atoms with Crippen molar-refractivity contribution < 1.29 is 4.79 Å². The quantitative estimate of drug-likeness (QED) is 0.466. The van der Waals surface area contributed by atoms with Gasteiger partial charge in [-0.25, -0.2) is 0 Å². The van der Waals surface area contributed by atoms with Crippen LogP contribution in [-0.4, -0.2) is 17.0 Å². The number of nitrogens with zero attached hydrogens (tertiary/aromatic N) is 1. The number of hydrogen-bond acceptors (Lipinski definition) is 1. The highest BCUT2D eigenvalue weighted by molar-refractivity contribution is 6.30. The van der Waals surface area contributed by atoms with Crippen molar-refractivity contribution in [3.63, 3.8) is 0 Å². The predicted molar refractivity (Wildman–Crippen MR) is 118 cm³/mol. The Balaban J connectivity index is 2.03. The van der Waals surface area contributed by atoms with Crippen LogP contribution in [0.15, 0.2) is 54.6 Å². The molecule has 3 aromatic rings. The molecule has 0 fully saturated rings. The average molecular weight is 395 g/mol. The maximum atomic E-state index is 12.8. The number of carbonyl (C=O) groups excluding carboxylic acids is 1. The van der Waals surface area contributed by atoms with Gasteiger partial charge in [-0.1, -0.05) is 61.2 Å². The second-order valence-corrected chi connectivity index (χ2v) is 7.61. The summed E-state index contributed by atoms with van der Waals surface area (Å²) in [7, 11) is 0. The summed E-state index contributed by atoms with van der Waals surface area (Å²) in [5.74, 6) is -0.0188. The van der Waals surface area contributed by atoms with Crippen molar-refractivity contribution in [2.24, 2.45) is 0 Å². The Morgan fingerprint density at radius 1 is 1.00 bits per heavy atom. The number of rotatable bonds is 7. The van der Waals surface area contributed by atoms with Crippen LogP contribution in [0.5, 0.6) is 0 Å². The van der Waals surface area contributed by atoms with E-state index in [1.807, 2.05) is 37.3 Å². The maximum absolute atomic E-state index is 12.8. The van der Waals surface area contributed by atoms with Gasteiger partial charge in [0.15, 0.2) is 0 Å². The van der Waals surface area contributed by atoms with E-state index in [1.54, 1.807) is 0 Å². The van der Waals surface area contributed by atoms with Crippen molar-refractivity contribution in [3.8, 4) is 16.9 Å². The molecule has 1 aromatic heterocycles. The van der Waals surface area contributed by atoms with Gasteiger partial charge in [-0.15, -0.1) is 0 Å². The van der Waals surface area contributed by atoms with Crippen LogP contribution >= 0.6 is 11.6 Å². The monoisotopic (exact) mass is 394 g/mol. The van der Waals surface area contributed by atoms with E-state index in [1.165, 1.54) is 5.56 Å². The number of halogens is 1. The highest BCUT2D eigenvalue weighted by Crippen LogP contribution is 2.30. The third kappa shape index (κ3) is 4.48.